The number of benzene rings is 3. The molecule has 0 atom stereocenters. The Hall–Kier alpha value is -3.49. The Kier molecular flexibility index (Phi) is 4.88. The first-order valence-electron chi connectivity index (χ1n) is 9.32. The molecule has 0 amide bonds. The van der Waals surface area contributed by atoms with Crippen molar-refractivity contribution in [2.24, 2.45) is 0 Å². The van der Waals surface area contributed by atoms with E-state index in [1.54, 1.807) is 30.3 Å². The fraction of sp³-hybridized carbons (Fsp3) is 0.154. The minimum atomic E-state index is -0.250. The number of hydrogen-bond acceptors (Lipinski definition) is 1. The molecular formula is C26H19FO. The maximum Gasteiger partial charge on any atom is 0.143 e. The summed E-state index contributed by atoms with van der Waals surface area (Å²) in [4.78, 5) is 0. The van der Waals surface area contributed by atoms with Crippen LogP contribution in [0.5, 0.6) is 5.75 Å². The summed E-state index contributed by atoms with van der Waals surface area (Å²) in [6.07, 6.45) is 1.97. The molecule has 0 saturated heterocycles. The van der Waals surface area contributed by atoms with Crippen molar-refractivity contribution in [2.75, 3.05) is 0 Å². The van der Waals surface area contributed by atoms with Crippen LogP contribution < -0.4 is 0 Å². The van der Waals surface area contributed by atoms with E-state index in [1.807, 2.05) is 37.3 Å². The molecule has 1 saturated carbocycles. The average Bonchev–Trinajstić information content (AvgIpc) is 3.53. The molecule has 1 fully saturated rings. The van der Waals surface area contributed by atoms with Crippen molar-refractivity contribution in [3.8, 4) is 29.4 Å². The van der Waals surface area contributed by atoms with Gasteiger partial charge in [-0.1, -0.05) is 41.4 Å². The van der Waals surface area contributed by atoms with E-state index in [-0.39, 0.29) is 17.5 Å². The zero-order valence-electron chi connectivity index (χ0n) is 15.6. The van der Waals surface area contributed by atoms with Gasteiger partial charge in [-0.3, -0.25) is 0 Å². The minimum absolute atomic E-state index is 0.201. The highest BCUT2D eigenvalue weighted by Crippen LogP contribution is 2.43. The quantitative estimate of drug-likeness (QED) is 0.563. The Morgan fingerprint density at radius 2 is 1.29 bits per heavy atom. The lowest BCUT2D eigenvalue weighted by atomic mass is 9.98. The monoisotopic (exact) mass is 366 g/mol. The van der Waals surface area contributed by atoms with Crippen molar-refractivity contribution in [2.45, 2.75) is 25.7 Å². The van der Waals surface area contributed by atoms with Gasteiger partial charge in [0.1, 0.15) is 11.6 Å². The third kappa shape index (κ3) is 4.08. The van der Waals surface area contributed by atoms with Crippen LogP contribution in [0.25, 0.3) is 0 Å². The molecule has 0 radical (unpaired) electrons. The fourth-order valence-corrected chi connectivity index (χ4v) is 3.03. The Balaban J connectivity index is 1.68. The van der Waals surface area contributed by atoms with Crippen LogP contribution in [-0.4, -0.2) is 5.11 Å². The van der Waals surface area contributed by atoms with Crippen molar-refractivity contribution in [1.82, 2.24) is 0 Å². The van der Waals surface area contributed by atoms with E-state index in [9.17, 15) is 5.11 Å². The van der Waals surface area contributed by atoms with E-state index in [2.05, 4.69) is 23.7 Å². The lowest BCUT2D eigenvalue weighted by molar-refractivity contribution is 0.475. The number of aromatic hydroxyl groups is 1. The molecule has 0 bridgehead atoms. The summed E-state index contributed by atoms with van der Waals surface area (Å²) in [5.74, 6) is 12.4. The van der Waals surface area contributed by atoms with Crippen LogP contribution in [0.4, 0.5) is 4.39 Å². The molecule has 2 heteroatoms. The van der Waals surface area contributed by atoms with Gasteiger partial charge in [0.05, 0.1) is 5.56 Å². The zero-order chi connectivity index (χ0) is 19.5. The highest BCUT2D eigenvalue weighted by Gasteiger charge is 2.29. The number of rotatable bonds is 1. The smallest absolute Gasteiger partial charge is 0.143 e. The van der Waals surface area contributed by atoms with E-state index in [4.69, 9.17) is 0 Å². The van der Waals surface area contributed by atoms with E-state index in [0.717, 1.165) is 24.0 Å². The van der Waals surface area contributed by atoms with Gasteiger partial charge in [0.15, 0.2) is 0 Å². The average molecular weight is 366 g/mol. The van der Waals surface area contributed by atoms with Crippen LogP contribution in [0.15, 0.2) is 60.7 Å². The predicted molar refractivity (Wildman–Crippen MR) is 110 cm³/mol. The number of phenols is 1. The highest BCUT2D eigenvalue weighted by molar-refractivity contribution is 5.54. The minimum Gasteiger partial charge on any atom is -0.508 e. The molecular weight excluding hydrogens is 347 g/mol. The van der Waals surface area contributed by atoms with Gasteiger partial charge in [0.25, 0.3) is 0 Å². The van der Waals surface area contributed by atoms with Crippen LogP contribution in [0.2, 0.25) is 0 Å². The molecule has 0 heterocycles. The molecule has 1 aliphatic rings. The largest absolute Gasteiger partial charge is 0.508 e. The van der Waals surface area contributed by atoms with Gasteiger partial charge >= 0.3 is 0 Å². The third-order valence-corrected chi connectivity index (χ3v) is 4.77. The van der Waals surface area contributed by atoms with Crippen molar-refractivity contribution in [1.29, 1.82) is 0 Å². The molecule has 0 aromatic heterocycles. The summed E-state index contributed by atoms with van der Waals surface area (Å²) in [5, 5.41) is 9.37. The first-order valence-corrected chi connectivity index (χ1v) is 9.32. The summed E-state index contributed by atoms with van der Waals surface area (Å²) in [7, 11) is 0. The van der Waals surface area contributed by atoms with E-state index < -0.39 is 0 Å². The van der Waals surface area contributed by atoms with Crippen molar-refractivity contribution >= 4 is 0 Å². The summed E-state index contributed by atoms with van der Waals surface area (Å²) >= 11 is 0. The fourth-order valence-electron chi connectivity index (χ4n) is 3.03. The molecule has 0 unspecified atom stereocenters. The van der Waals surface area contributed by atoms with Gasteiger partial charge in [-0.25, -0.2) is 4.39 Å². The summed E-state index contributed by atoms with van der Waals surface area (Å²) in [6, 6.07) is 18.1. The number of halogens is 1. The lowest BCUT2D eigenvalue weighted by Crippen LogP contribution is -1.97. The number of aryl methyl sites for hydroxylation is 1. The molecule has 1 N–H and O–H groups in total. The molecule has 136 valence electrons. The normalized spacial score (nSPS) is 12.5. The molecule has 4 rings (SSSR count). The molecule has 1 nitrogen and oxygen atoms in total. The topological polar surface area (TPSA) is 20.2 Å². The maximum atomic E-state index is 15.2. The van der Waals surface area contributed by atoms with Gasteiger partial charge in [-0.2, -0.15) is 0 Å². The van der Waals surface area contributed by atoms with Gasteiger partial charge in [-0.05, 0) is 74.2 Å². The van der Waals surface area contributed by atoms with Crippen LogP contribution in [0.3, 0.4) is 0 Å². The van der Waals surface area contributed by atoms with Crippen LogP contribution in [-0.2, 0) is 0 Å². The Morgan fingerprint density at radius 1 is 0.750 bits per heavy atom. The summed E-state index contributed by atoms with van der Waals surface area (Å²) in [5.41, 5.74) is 4.63. The third-order valence-electron chi connectivity index (χ3n) is 4.77. The second-order valence-electron chi connectivity index (χ2n) is 7.08. The first kappa shape index (κ1) is 17.9. The van der Waals surface area contributed by atoms with E-state index in [1.165, 1.54) is 5.56 Å². The highest BCUT2D eigenvalue weighted by atomic mass is 19.1. The van der Waals surface area contributed by atoms with Crippen LogP contribution in [0.1, 0.15) is 52.1 Å². The molecule has 3 aromatic rings. The van der Waals surface area contributed by atoms with Gasteiger partial charge < -0.3 is 5.11 Å². The molecule has 3 aromatic carbocycles. The van der Waals surface area contributed by atoms with Crippen molar-refractivity contribution in [3.63, 3.8) is 0 Å². The van der Waals surface area contributed by atoms with E-state index >= 15 is 4.39 Å². The first-order chi connectivity index (χ1) is 13.6. The number of phenolic OH excluding ortho intramolecular Hbond substituents is 1. The lowest BCUT2D eigenvalue weighted by Gasteiger charge is -2.06. The second kappa shape index (κ2) is 7.63. The van der Waals surface area contributed by atoms with Crippen LogP contribution >= 0.6 is 0 Å². The van der Waals surface area contributed by atoms with Crippen molar-refractivity contribution in [3.05, 3.63) is 99.9 Å². The molecule has 28 heavy (non-hydrogen) atoms. The standard InChI is InChI=1S/C26H19FO/c1-18-2-4-19(5-3-18)7-11-23-15-14-21(25(26(23)27)22-12-13-22)10-6-20-8-16-24(28)17-9-20/h2-5,8-9,14-17,22,28H,12-13H2,1H3. The molecule has 1 aliphatic carbocycles. The van der Waals surface area contributed by atoms with Crippen molar-refractivity contribution < 1.29 is 9.50 Å². The predicted octanol–water partition coefficient (Wildman–Crippen LogP) is 5.52. The SMILES string of the molecule is Cc1ccc(C#Cc2ccc(C#Cc3ccc(O)cc3)c(C3CC3)c2F)cc1. The van der Waals surface area contributed by atoms with Crippen LogP contribution in [0, 0.1) is 36.4 Å². The number of hydrogen-bond donors (Lipinski definition) is 1. The summed E-state index contributed by atoms with van der Waals surface area (Å²) < 4.78 is 15.2. The van der Waals surface area contributed by atoms with E-state index in [0.29, 0.717) is 16.7 Å². The Morgan fingerprint density at radius 3 is 1.89 bits per heavy atom. The van der Waals surface area contributed by atoms with Gasteiger partial charge in [0, 0.05) is 22.3 Å². The second-order valence-corrected chi connectivity index (χ2v) is 7.08. The van der Waals surface area contributed by atoms with Gasteiger partial charge in [-0.15, -0.1) is 0 Å². The maximum absolute atomic E-state index is 15.2. The molecule has 0 aliphatic heterocycles. The molecule has 0 spiro atoms. The summed E-state index contributed by atoms with van der Waals surface area (Å²) in [6.45, 7) is 2.02. The zero-order valence-corrected chi connectivity index (χ0v) is 15.6. The van der Waals surface area contributed by atoms with Gasteiger partial charge in [0.2, 0.25) is 0 Å². The Bertz CT molecular complexity index is 1130. The Labute approximate surface area is 164 Å².